The molecule has 0 bridgehead atoms. The second-order valence-electron chi connectivity index (χ2n) is 6.97. The monoisotopic (exact) mass is 446 g/mol. The van der Waals surface area contributed by atoms with Gasteiger partial charge in [0.1, 0.15) is 18.8 Å². The van der Waals surface area contributed by atoms with E-state index >= 15 is 0 Å². The summed E-state index contributed by atoms with van der Waals surface area (Å²) in [4.78, 5) is 13.0. The number of aromatic nitrogens is 3. The van der Waals surface area contributed by atoms with E-state index in [1.54, 1.807) is 30.9 Å². The number of hydrogen-bond donors (Lipinski definition) is 2. The molecule has 0 aliphatic rings. The van der Waals surface area contributed by atoms with Crippen molar-refractivity contribution in [3.8, 4) is 5.82 Å². The van der Waals surface area contributed by atoms with Gasteiger partial charge in [0.05, 0.1) is 13.2 Å². The Morgan fingerprint density at radius 3 is 2.44 bits per heavy atom. The summed E-state index contributed by atoms with van der Waals surface area (Å²) in [6, 6.07) is 11.1. The number of pyridine rings is 1. The molecule has 0 spiro atoms. The first-order valence-corrected chi connectivity index (χ1v) is 10.1. The molecule has 170 valence electrons. The zero-order valence-electron chi connectivity index (χ0n) is 17.6. The van der Waals surface area contributed by atoms with Crippen molar-refractivity contribution in [2.75, 3.05) is 13.2 Å². The summed E-state index contributed by atoms with van der Waals surface area (Å²) in [6.45, 7) is 2.34. The molecule has 2 aromatic heterocycles. The number of aliphatic imine (C=N–C) groups is 1. The van der Waals surface area contributed by atoms with Crippen LogP contribution >= 0.6 is 0 Å². The van der Waals surface area contributed by atoms with Crippen LogP contribution in [0.3, 0.4) is 0 Å². The summed E-state index contributed by atoms with van der Waals surface area (Å²) in [5.74, 6) is 1.44. The molecule has 3 rings (SSSR count). The molecule has 1 aromatic carbocycles. The lowest BCUT2D eigenvalue weighted by Gasteiger charge is -2.12. The van der Waals surface area contributed by atoms with Gasteiger partial charge < -0.3 is 15.4 Å². The largest absolute Gasteiger partial charge is 0.411 e. The maximum atomic E-state index is 12.2. The molecule has 2 heterocycles. The number of benzene rings is 1. The SMILES string of the molecule is CCNC(=NCc1ccc(-n2ccnc2)nc1)NCc1ccc(COCC(F)(F)F)cc1. The van der Waals surface area contributed by atoms with Crippen LogP contribution in [0.5, 0.6) is 0 Å². The van der Waals surface area contributed by atoms with Crippen LogP contribution in [0.4, 0.5) is 13.2 Å². The van der Waals surface area contributed by atoms with E-state index in [2.05, 4.69) is 30.3 Å². The summed E-state index contributed by atoms with van der Waals surface area (Å²) in [5.41, 5.74) is 2.63. The van der Waals surface area contributed by atoms with Crippen molar-refractivity contribution in [2.45, 2.75) is 32.8 Å². The van der Waals surface area contributed by atoms with Gasteiger partial charge in [0.15, 0.2) is 5.96 Å². The predicted molar refractivity (Wildman–Crippen MR) is 115 cm³/mol. The van der Waals surface area contributed by atoms with Crippen molar-refractivity contribution in [3.05, 3.63) is 78.0 Å². The standard InChI is InChI=1S/C22H25F3N6O/c1-2-27-21(30-13-19-7-8-20(28-12-19)31-10-9-26-16-31)29-11-17-3-5-18(6-4-17)14-32-15-22(23,24)25/h3-10,12,16H,2,11,13-15H2,1H3,(H2,27,29,30). The highest BCUT2D eigenvalue weighted by molar-refractivity contribution is 5.79. The van der Waals surface area contributed by atoms with Gasteiger partial charge in [0.25, 0.3) is 0 Å². The Hall–Kier alpha value is -3.40. The number of rotatable bonds is 9. The van der Waals surface area contributed by atoms with Gasteiger partial charge in [-0.1, -0.05) is 30.3 Å². The second-order valence-corrected chi connectivity index (χ2v) is 6.97. The molecule has 10 heteroatoms. The molecule has 0 aliphatic carbocycles. The van der Waals surface area contributed by atoms with E-state index in [1.165, 1.54) is 0 Å². The summed E-state index contributed by atoms with van der Waals surface area (Å²) < 4.78 is 43.0. The van der Waals surface area contributed by atoms with Gasteiger partial charge in [0, 0.05) is 31.7 Å². The molecule has 3 aromatic rings. The number of nitrogens with zero attached hydrogens (tertiary/aromatic N) is 4. The van der Waals surface area contributed by atoms with Crippen molar-refractivity contribution < 1.29 is 17.9 Å². The minimum Gasteiger partial charge on any atom is -0.367 e. The number of ether oxygens (including phenoxy) is 1. The minimum absolute atomic E-state index is 0.0784. The summed E-state index contributed by atoms with van der Waals surface area (Å²) in [5, 5.41) is 6.44. The van der Waals surface area contributed by atoms with Crippen molar-refractivity contribution in [3.63, 3.8) is 0 Å². The average molecular weight is 446 g/mol. The van der Waals surface area contributed by atoms with E-state index in [9.17, 15) is 13.2 Å². The van der Waals surface area contributed by atoms with Crippen molar-refractivity contribution in [2.24, 2.45) is 4.99 Å². The second kappa shape index (κ2) is 11.3. The predicted octanol–water partition coefficient (Wildman–Crippen LogP) is 3.60. The Kier molecular flexibility index (Phi) is 8.20. The molecule has 7 nitrogen and oxygen atoms in total. The van der Waals surface area contributed by atoms with E-state index in [4.69, 9.17) is 0 Å². The van der Waals surface area contributed by atoms with Crippen molar-refractivity contribution in [1.82, 2.24) is 25.2 Å². The van der Waals surface area contributed by atoms with E-state index in [0.29, 0.717) is 31.2 Å². The zero-order chi connectivity index (χ0) is 22.8. The van der Waals surface area contributed by atoms with Crippen LogP contribution < -0.4 is 10.6 Å². The van der Waals surface area contributed by atoms with Crippen LogP contribution in [-0.4, -0.2) is 39.8 Å². The number of hydrogen-bond acceptors (Lipinski definition) is 4. The van der Waals surface area contributed by atoms with E-state index < -0.39 is 12.8 Å². The summed E-state index contributed by atoms with van der Waals surface area (Å²) in [6.07, 6.45) is 2.68. The maximum Gasteiger partial charge on any atom is 0.411 e. The molecule has 0 saturated carbocycles. The smallest absolute Gasteiger partial charge is 0.367 e. The number of imidazole rings is 1. The van der Waals surface area contributed by atoms with Gasteiger partial charge in [-0.05, 0) is 29.7 Å². The Balaban J connectivity index is 1.50. The molecule has 0 atom stereocenters. The molecular weight excluding hydrogens is 421 g/mol. The third-order valence-corrected chi connectivity index (χ3v) is 4.36. The Bertz CT molecular complexity index is 970. The molecule has 0 aliphatic heterocycles. The molecule has 2 N–H and O–H groups in total. The third kappa shape index (κ3) is 7.69. The first-order chi connectivity index (χ1) is 15.4. The first kappa shape index (κ1) is 23.3. The summed E-state index contributed by atoms with van der Waals surface area (Å²) in [7, 11) is 0. The van der Waals surface area contributed by atoms with Crippen LogP contribution in [0, 0.1) is 0 Å². The highest BCUT2D eigenvalue weighted by Gasteiger charge is 2.27. The molecule has 32 heavy (non-hydrogen) atoms. The number of guanidine groups is 1. The minimum atomic E-state index is -4.32. The topological polar surface area (TPSA) is 76.4 Å². The summed E-state index contributed by atoms with van der Waals surface area (Å²) >= 11 is 0. The zero-order valence-corrected chi connectivity index (χ0v) is 17.6. The Labute approximate surface area is 184 Å². The Morgan fingerprint density at radius 1 is 1.06 bits per heavy atom. The molecule has 0 radical (unpaired) electrons. The fourth-order valence-corrected chi connectivity index (χ4v) is 2.79. The number of nitrogens with one attached hydrogen (secondary N) is 2. The van der Waals surface area contributed by atoms with Gasteiger partial charge in [0.2, 0.25) is 0 Å². The van der Waals surface area contributed by atoms with Gasteiger partial charge in [-0.2, -0.15) is 13.2 Å². The highest BCUT2D eigenvalue weighted by atomic mass is 19.4. The van der Waals surface area contributed by atoms with E-state index in [1.807, 2.05) is 42.0 Å². The molecule has 0 fully saturated rings. The van der Waals surface area contributed by atoms with Gasteiger partial charge in [-0.3, -0.25) is 4.57 Å². The van der Waals surface area contributed by atoms with Gasteiger partial charge in [-0.15, -0.1) is 0 Å². The van der Waals surface area contributed by atoms with Crippen LogP contribution in [0.1, 0.15) is 23.6 Å². The average Bonchev–Trinajstić information content (AvgIpc) is 3.31. The van der Waals surface area contributed by atoms with Crippen molar-refractivity contribution >= 4 is 5.96 Å². The first-order valence-electron chi connectivity index (χ1n) is 10.1. The highest BCUT2D eigenvalue weighted by Crippen LogP contribution is 2.16. The maximum absolute atomic E-state index is 12.2. The fraction of sp³-hybridized carbons (Fsp3) is 0.318. The normalized spacial score (nSPS) is 12.1. The Morgan fingerprint density at radius 2 is 1.81 bits per heavy atom. The van der Waals surface area contributed by atoms with Crippen LogP contribution in [-0.2, 0) is 24.4 Å². The fourth-order valence-electron chi connectivity index (χ4n) is 2.79. The van der Waals surface area contributed by atoms with Gasteiger partial charge in [-0.25, -0.2) is 15.0 Å². The van der Waals surface area contributed by atoms with Crippen LogP contribution in [0.15, 0.2) is 66.3 Å². The number of alkyl halides is 3. The molecule has 0 unspecified atom stereocenters. The van der Waals surface area contributed by atoms with Gasteiger partial charge >= 0.3 is 6.18 Å². The molecule has 0 saturated heterocycles. The lowest BCUT2D eigenvalue weighted by Crippen LogP contribution is -2.36. The third-order valence-electron chi connectivity index (χ3n) is 4.36. The molecular formula is C22H25F3N6O. The van der Waals surface area contributed by atoms with Crippen LogP contribution in [0.25, 0.3) is 5.82 Å². The lowest BCUT2D eigenvalue weighted by molar-refractivity contribution is -0.176. The van der Waals surface area contributed by atoms with E-state index in [0.717, 1.165) is 16.9 Å². The number of halogens is 3. The van der Waals surface area contributed by atoms with E-state index in [-0.39, 0.29) is 6.61 Å². The quantitative estimate of drug-likeness (QED) is 0.388. The lowest BCUT2D eigenvalue weighted by atomic mass is 10.1. The van der Waals surface area contributed by atoms with Crippen LogP contribution in [0.2, 0.25) is 0 Å². The van der Waals surface area contributed by atoms with Crippen molar-refractivity contribution in [1.29, 1.82) is 0 Å². The molecule has 0 amide bonds.